The topological polar surface area (TPSA) is 59.2 Å². The number of rotatable bonds is 3. The maximum Gasteiger partial charge on any atom is 0.272 e. The molecular weight excluding hydrogens is 314 g/mol. The Morgan fingerprint density at radius 2 is 2.33 bits per heavy atom. The Kier molecular flexibility index (Phi) is 3.98. The summed E-state index contributed by atoms with van der Waals surface area (Å²) in [5.41, 5.74) is 7.02. The van der Waals surface area contributed by atoms with Crippen LogP contribution in [0.5, 0.6) is 0 Å². The van der Waals surface area contributed by atoms with Crippen molar-refractivity contribution >= 4 is 39.0 Å². The third kappa shape index (κ3) is 3.08. The standard InChI is InChI=1S/C12H12BrN3OS/c1-16(6-8-5-10(13)18-7-8)12(17)9-3-2-4-11(14)15-9/h2-5,7H,6H2,1H3,(H2,14,15). The number of thiophene rings is 1. The van der Waals surface area contributed by atoms with E-state index in [4.69, 9.17) is 5.73 Å². The third-order valence-electron chi connectivity index (χ3n) is 2.38. The molecule has 0 fully saturated rings. The van der Waals surface area contributed by atoms with E-state index < -0.39 is 0 Å². The Balaban J connectivity index is 2.09. The van der Waals surface area contributed by atoms with Crippen LogP contribution in [0.15, 0.2) is 33.4 Å². The first-order valence-electron chi connectivity index (χ1n) is 5.27. The van der Waals surface area contributed by atoms with Crippen LogP contribution < -0.4 is 5.73 Å². The lowest BCUT2D eigenvalue weighted by Crippen LogP contribution is -2.26. The molecule has 0 unspecified atom stereocenters. The molecule has 94 valence electrons. The molecule has 2 heterocycles. The van der Waals surface area contributed by atoms with Crippen molar-refractivity contribution in [2.75, 3.05) is 12.8 Å². The van der Waals surface area contributed by atoms with Crippen molar-refractivity contribution in [3.05, 3.63) is 44.7 Å². The fourth-order valence-corrected chi connectivity index (χ4v) is 2.74. The van der Waals surface area contributed by atoms with Crippen molar-refractivity contribution in [2.24, 2.45) is 0 Å². The zero-order chi connectivity index (χ0) is 13.1. The molecule has 0 aliphatic rings. The highest BCUT2D eigenvalue weighted by Gasteiger charge is 2.14. The van der Waals surface area contributed by atoms with Gasteiger partial charge in [-0.2, -0.15) is 0 Å². The Labute approximate surface area is 118 Å². The second-order valence-electron chi connectivity index (χ2n) is 3.87. The van der Waals surface area contributed by atoms with Gasteiger partial charge in [0, 0.05) is 13.6 Å². The summed E-state index contributed by atoms with van der Waals surface area (Å²) in [4.78, 5) is 17.7. The van der Waals surface area contributed by atoms with Crippen molar-refractivity contribution in [1.82, 2.24) is 9.88 Å². The predicted molar refractivity (Wildman–Crippen MR) is 76.5 cm³/mol. The summed E-state index contributed by atoms with van der Waals surface area (Å²) in [7, 11) is 1.75. The summed E-state index contributed by atoms with van der Waals surface area (Å²) < 4.78 is 1.06. The van der Waals surface area contributed by atoms with Gasteiger partial charge in [0.25, 0.3) is 5.91 Å². The van der Waals surface area contributed by atoms with Crippen LogP contribution in [0.1, 0.15) is 16.1 Å². The largest absolute Gasteiger partial charge is 0.384 e. The van der Waals surface area contributed by atoms with Crippen LogP contribution in [0.25, 0.3) is 0 Å². The van der Waals surface area contributed by atoms with E-state index >= 15 is 0 Å². The first kappa shape index (κ1) is 13.0. The van der Waals surface area contributed by atoms with Gasteiger partial charge >= 0.3 is 0 Å². The van der Waals surface area contributed by atoms with Crippen molar-refractivity contribution in [3.8, 4) is 0 Å². The molecule has 2 N–H and O–H groups in total. The SMILES string of the molecule is CN(Cc1csc(Br)c1)C(=O)c1cccc(N)n1. The van der Waals surface area contributed by atoms with Crippen LogP contribution in [-0.2, 0) is 6.54 Å². The highest BCUT2D eigenvalue weighted by molar-refractivity contribution is 9.11. The number of nitrogens with two attached hydrogens (primary N) is 1. The summed E-state index contributed by atoms with van der Waals surface area (Å²) >= 11 is 5.00. The minimum atomic E-state index is -0.135. The molecule has 0 spiro atoms. The molecule has 0 bridgehead atoms. The molecule has 0 aliphatic heterocycles. The highest BCUT2D eigenvalue weighted by atomic mass is 79.9. The maximum atomic E-state index is 12.1. The van der Waals surface area contributed by atoms with Gasteiger partial charge in [-0.3, -0.25) is 4.79 Å². The van der Waals surface area contributed by atoms with E-state index in [9.17, 15) is 4.79 Å². The van der Waals surface area contributed by atoms with Crippen LogP contribution in [-0.4, -0.2) is 22.8 Å². The molecule has 2 aromatic rings. The quantitative estimate of drug-likeness (QED) is 0.943. The molecule has 0 aromatic carbocycles. The van der Waals surface area contributed by atoms with Crippen molar-refractivity contribution in [2.45, 2.75) is 6.54 Å². The fourth-order valence-electron chi connectivity index (χ4n) is 1.54. The molecule has 6 heteroatoms. The maximum absolute atomic E-state index is 12.1. The number of aromatic nitrogens is 1. The third-order valence-corrected chi connectivity index (χ3v) is 3.93. The average Bonchev–Trinajstić information content (AvgIpc) is 2.73. The number of pyridine rings is 1. The Morgan fingerprint density at radius 3 is 2.94 bits per heavy atom. The molecule has 0 saturated heterocycles. The van der Waals surface area contributed by atoms with E-state index in [0.29, 0.717) is 18.1 Å². The van der Waals surface area contributed by atoms with E-state index in [2.05, 4.69) is 20.9 Å². The van der Waals surface area contributed by atoms with E-state index in [0.717, 1.165) is 9.35 Å². The van der Waals surface area contributed by atoms with E-state index in [-0.39, 0.29) is 5.91 Å². The minimum Gasteiger partial charge on any atom is -0.384 e. The number of carbonyl (C=O) groups excluding carboxylic acids is 1. The summed E-state index contributed by atoms with van der Waals surface area (Å²) in [6, 6.07) is 7.05. The van der Waals surface area contributed by atoms with Crippen LogP contribution in [0.3, 0.4) is 0 Å². The lowest BCUT2D eigenvalue weighted by atomic mass is 10.3. The van der Waals surface area contributed by atoms with E-state index in [1.54, 1.807) is 41.5 Å². The number of amides is 1. The fraction of sp³-hybridized carbons (Fsp3) is 0.167. The predicted octanol–water partition coefficient (Wildman–Crippen LogP) is 2.76. The smallest absolute Gasteiger partial charge is 0.272 e. The van der Waals surface area contributed by atoms with E-state index in [1.165, 1.54) is 0 Å². The van der Waals surface area contributed by atoms with Gasteiger partial charge in [-0.1, -0.05) is 6.07 Å². The summed E-state index contributed by atoms with van der Waals surface area (Å²) in [6.07, 6.45) is 0. The van der Waals surface area contributed by atoms with Gasteiger partial charge < -0.3 is 10.6 Å². The van der Waals surface area contributed by atoms with Crippen LogP contribution in [0, 0.1) is 0 Å². The number of nitrogens with zero attached hydrogens (tertiary/aromatic N) is 2. The van der Waals surface area contributed by atoms with Crippen molar-refractivity contribution in [3.63, 3.8) is 0 Å². The monoisotopic (exact) mass is 325 g/mol. The molecule has 0 aliphatic carbocycles. The molecule has 2 aromatic heterocycles. The van der Waals surface area contributed by atoms with Crippen molar-refractivity contribution < 1.29 is 4.79 Å². The first-order chi connectivity index (χ1) is 8.56. The molecule has 2 rings (SSSR count). The number of hydrogen-bond donors (Lipinski definition) is 1. The highest BCUT2D eigenvalue weighted by Crippen LogP contribution is 2.21. The average molecular weight is 326 g/mol. The molecule has 1 amide bonds. The van der Waals surface area contributed by atoms with Crippen molar-refractivity contribution in [1.29, 1.82) is 0 Å². The van der Waals surface area contributed by atoms with Crippen LogP contribution >= 0.6 is 27.3 Å². The normalized spacial score (nSPS) is 10.3. The zero-order valence-corrected chi connectivity index (χ0v) is 12.2. The molecule has 0 saturated carbocycles. The summed E-state index contributed by atoms with van der Waals surface area (Å²) in [5.74, 6) is 0.220. The Bertz CT molecular complexity index is 570. The van der Waals surface area contributed by atoms with Gasteiger partial charge in [-0.15, -0.1) is 11.3 Å². The van der Waals surface area contributed by atoms with Gasteiger partial charge in [0.2, 0.25) is 0 Å². The van der Waals surface area contributed by atoms with Crippen LogP contribution in [0.4, 0.5) is 5.82 Å². The Morgan fingerprint density at radius 1 is 1.56 bits per heavy atom. The molecule has 18 heavy (non-hydrogen) atoms. The van der Waals surface area contributed by atoms with Gasteiger partial charge in [0.1, 0.15) is 11.5 Å². The van der Waals surface area contributed by atoms with E-state index in [1.807, 2.05) is 11.4 Å². The number of carbonyl (C=O) groups is 1. The van der Waals surface area contributed by atoms with Crippen LogP contribution in [0.2, 0.25) is 0 Å². The zero-order valence-electron chi connectivity index (χ0n) is 9.76. The number of halogens is 1. The molecule has 0 radical (unpaired) electrons. The number of nitrogen functional groups attached to an aromatic ring is 1. The second-order valence-corrected chi connectivity index (χ2v) is 6.16. The number of hydrogen-bond acceptors (Lipinski definition) is 4. The Hall–Kier alpha value is -1.40. The minimum absolute atomic E-state index is 0.135. The lowest BCUT2D eigenvalue weighted by Gasteiger charge is -2.15. The molecule has 4 nitrogen and oxygen atoms in total. The second kappa shape index (κ2) is 5.49. The van der Waals surface area contributed by atoms with Gasteiger partial charge in [-0.05, 0) is 45.1 Å². The first-order valence-corrected chi connectivity index (χ1v) is 6.94. The summed E-state index contributed by atoms with van der Waals surface area (Å²) in [6.45, 7) is 0.553. The van der Waals surface area contributed by atoms with Gasteiger partial charge in [0.05, 0.1) is 3.79 Å². The lowest BCUT2D eigenvalue weighted by molar-refractivity contribution is 0.0779. The molecular formula is C12H12BrN3OS. The van der Waals surface area contributed by atoms with Gasteiger partial charge in [0.15, 0.2) is 0 Å². The van der Waals surface area contributed by atoms with Gasteiger partial charge in [-0.25, -0.2) is 4.98 Å². The number of anilines is 1. The summed E-state index contributed by atoms with van der Waals surface area (Å²) in [5, 5.41) is 2.01. The molecule has 0 atom stereocenters.